The minimum absolute atomic E-state index is 0.165. The number of hydrogen-bond donors (Lipinski definition) is 3. The highest BCUT2D eigenvalue weighted by atomic mass is 16.7. The molecule has 20 heavy (non-hydrogen) atoms. The van der Waals surface area contributed by atoms with Gasteiger partial charge in [0.2, 0.25) is 6.79 Å². The molecule has 7 heteroatoms. The number of ether oxygens (including phenoxy) is 2. The zero-order valence-electron chi connectivity index (χ0n) is 11.2. The van der Waals surface area contributed by atoms with Crippen molar-refractivity contribution in [1.29, 1.82) is 0 Å². The van der Waals surface area contributed by atoms with E-state index >= 15 is 0 Å². The summed E-state index contributed by atoms with van der Waals surface area (Å²) in [5.74, 6) is -0.433. The highest BCUT2D eigenvalue weighted by Crippen LogP contribution is 2.34. The van der Waals surface area contributed by atoms with Gasteiger partial charge in [-0.2, -0.15) is 0 Å². The Labute approximate surface area is 115 Å². The van der Waals surface area contributed by atoms with E-state index in [0.717, 1.165) is 0 Å². The molecule has 1 aliphatic rings. The van der Waals surface area contributed by atoms with Gasteiger partial charge in [0.05, 0.1) is 5.92 Å². The number of aliphatic carboxylic acids is 1. The van der Waals surface area contributed by atoms with Crippen molar-refractivity contribution in [3.05, 3.63) is 18.2 Å². The Hall–Kier alpha value is -2.44. The van der Waals surface area contributed by atoms with Crippen LogP contribution in [0.1, 0.15) is 13.8 Å². The minimum atomic E-state index is -0.958. The average molecular weight is 280 g/mol. The van der Waals surface area contributed by atoms with Gasteiger partial charge in [-0.1, -0.05) is 0 Å². The first-order valence-electron chi connectivity index (χ1n) is 6.17. The lowest BCUT2D eigenvalue weighted by Gasteiger charge is -2.18. The molecule has 1 heterocycles. The number of anilines is 1. The van der Waals surface area contributed by atoms with Crippen LogP contribution in [0.15, 0.2) is 18.2 Å². The average Bonchev–Trinajstić information content (AvgIpc) is 2.84. The van der Waals surface area contributed by atoms with Crippen molar-refractivity contribution in [3.63, 3.8) is 0 Å². The van der Waals surface area contributed by atoms with Gasteiger partial charge in [0.1, 0.15) is 0 Å². The van der Waals surface area contributed by atoms with Crippen LogP contribution in [0, 0.1) is 5.92 Å². The molecule has 2 unspecified atom stereocenters. The molecule has 1 aromatic carbocycles. The summed E-state index contributed by atoms with van der Waals surface area (Å²) in [6.07, 6.45) is 0. The van der Waals surface area contributed by atoms with E-state index in [4.69, 9.17) is 14.6 Å². The molecule has 0 aromatic heterocycles. The number of carboxylic acid groups (broad SMARTS) is 1. The molecule has 108 valence electrons. The van der Waals surface area contributed by atoms with E-state index < -0.39 is 24.0 Å². The number of fused-ring (bicyclic) bond motifs is 1. The molecule has 2 atom stereocenters. The largest absolute Gasteiger partial charge is 0.481 e. The predicted molar refractivity (Wildman–Crippen MR) is 71.0 cm³/mol. The van der Waals surface area contributed by atoms with Gasteiger partial charge in [0.25, 0.3) is 0 Å². The monoisotopic (exact) mass is 280 g/mol. The summed E-state index contributed by atoms with van der Waals surface area (Å²) in [5.41, 5.74) is 0.543. The van der Waals surface area contributed by atoms with E-state index in [9.17, 15) is 9.59 Å². The zero-order valence-corrected chi connectivity index (χ0v) is 11.2. The van der Waals surface area contributed by atoms with E-state index in [1.165, 1.54) is 6.92 Å². The maximum Gasteiger partial charge on any atom is 0.319 e. The first-order chi connectivity index (χ1) is 9.47. The Morgan fingerprint density at radius 3 is 2.65 bits per heavy atom. The van der Waals surface area contributed by atoms with Gasteiger partial charge < -0.3 is 25.2 Å². The number of amides is 2. The van der Waals surface area contributed by atoms with Crippen LogP contribution in [0.25, 0.3) is 0 Å². The van der Waals surface area contributed by atoms with Gasteiger partial charge in [-0.25, -0.2) is 4.79 Å². The molecule has 0 aliphatic carbocycles. The van der Waals surface area contributed by atoms with Crippen LogP contribution in [0.4, 0.5) is 10.5 Å². The molecule has 1 aromatic rings. The maximum absolute atomic E-state index is 11.8. The van der Waals surface area contributed by atoms with Crippen LogP contribution in [0.3, 0.4) is 0 Å². The lowest BCUT2D eigenvalue weighted by molar-refractivity contribution is -0.141. The van der Waals surface area contributed by atoms with Crippen LogP contribution in [-0.2, 0) is 4.79 Å². The van der Waals surface area contributed by atoms with E-state index in [1.54, 1.807) is 25.1 Å². The highest BCUT2D eigenvalue weighted by Gasteiger charge is 2.21. The normalized spacial score (nSPS) is 15.3. The lowest BCUT2D eigenvalue weighted by Crippen LogP contribution is -2.42. The predicted octanol–water partition coefficient (Wildman–Crippen LogP) is 1.65. The van der Waals surface area contributed by atoms with Crippen molar-refractivity contribution in [1.82, 2.24) is 5.32 Å². The Kier molecular flexibility index (Phi) is 3.97. The summed E-state index contributed by atoms with van der Waals surface area (Å²) >= 11 is 0. The Balaban J connectivity index is 1.93. The maximum atomic E-state index is 11.8. The number of carboxylic acids is 1. The van der Waals surface area contributed by atoms with Gasteiger partial charge in [0, 0.05) is 17.8 Å². The fourth-order valence-corrected chi connectivity index (χ4v) is 1.69. The highest BCUT2D eigenvalue weighted by molar-refractivity contribution is 5.90. The number of benzene rings is 1. The van der Waals surface area contributed by atoms with Crippen LogP contribution >= 0.6 is 0 Å². The lowest BCUT2D eigenvalue weighted by atomic mass is 10.0. The molecule has 2 amide bonds. The molecule has 0 spiro atoms. The molecule has 0 bridgehead atoms. The smallest absolute Gasteiger partial charge is 0.319 e. The SMILES string of the molecule is CC(NC(=O)Nc1ccc2c(c1)OCO2)C(C)C(=O)O. The Bertz CT molecular complexity index is 531. The van der Waals surface area contributed by atoms with Crippen LogP contribution in [0.2, 0.25) is 0 Å². The molecular formula is C13H16N2O5. The van der Waals surface area contributed by atoms with Crippen LogP contribution < -0.4 is 20.1 Å². The summed E-state index contributed by atoms with van der Waals surface area (Å²) in [5, 5.41) is 14.1. The molecule has 0 saturated carbocycles. The second kappa shape index (κ2) is 5.68. The molecule has 1 aliphatic heterocycles. The molecule has 2 rings (SSSR count). The van der Waals surface area contributed by atoms with Crippen molar-refractivity contribution in [2.75, 3.05) is 12.1 Å². The van der Waals surface area contributed by atoms with Crippen molar-refractivity contribution >= 4 is 17.7 Å². The summed E-state index contributed by atoms with van der Waals surface area (Å²) in [6, 6.07) is 4.07. The van der Waals surface area contributed by atoms with E-state index in [1.807, 2.05) is 0 Å². The van der Waals surface area contributed by atoms with E-state index in [2.05, 4.69) is 10.6 Å². The first kappa shape index (κ1) is 14.0. The van der Waals surface area contributed by atoms with Gasteiger partial charge >= 0.3 is 12.0 Å². The molecule has 0 saturated heterocycles. The second-order valence-corrected chi connectivity index (χ2v) is 4.58. The van der Waals surface area contributed by atoms with Crippen LogP contribution in [-0.4, -0.2) is 29.9 Å². The topological polar surface area (TPSA) is 96.9 Å². The van der Waals surface area contributed by atoms with Gasteiger partial charge in [-0.3, -0.25) is 4.79 Å². The van der Waals surface area contributed by atoms with Crippen molar-refractivity contribution in [2.45, 2.75) is 19.9 Å². The Morgan fingerprint density at radius 2 is 1.95 bits per heavy atom. The van der Waals surface area contributed by atoms with Gasteiger partial charge in [-0.15, -0.1) is 0 Å². The third-order valence-electron chi connectivity index (χ3n) is 3.13. The Morgan fingerprint density at radius 1 is 1.25 bits per heavy atom. The third kappa shape index (κ3) is 3.11. The van der Waals surface area contributed by atoms with E-state index in [-0.39, 0.29) is 6.79 Å². The summed E-state index contributed by atoms with van der Waals surface area (Å²) in [4.78, 5) is 22.6. The fraction of sp³-hybridized carbons (Fsp3) is 0.385. The molecule has 0 fully saturated rings. The third-order valence-corrected chi connectivity index (χ3v) is 3.13. The molecule has 3 N–H and O–H groups in total. The molecular weight excluding hydrogens is 264 g/mol. The number of nitrogens with one attached hydrogen (secondary N) is 2. The van der Waals surface area contributed by atoms with Crippen molar-refractivity contribution in [2.24, 2.45) is 5.92 Å². The first-order valence-corrected chi connectivity index (χ1v) is 6.17. The van der Waals surface area contributed by atoms with E-state index in [0.29, 0.717) is 17.2 Å². The van der Waals surface area contributed by atoms with Gasteiger partial charge in [0.15, 0.2) is 11.5 Å². The van der Waals surface area contributed by atoms with Crippen molar-refractivity contribution < 1.29 is 24.2 Å². The number of rotatable bonds is 4. The van der Waals surface area contributed by atoms with Crippen LogP contribution in [0.5, 0.6) is 11.5 Å². The standard InChI is InChI=1S/C13H16N2O5/c1-7(12(16)17)8(2)14-13(18)15-9-3-4-10-11(5-9)20-6-19-10/h3-5,7-8H,6H2,1-2H3,(H,16,17)(H2,14,15,18). The minimum Gasteiger partial charge on any atom is -0.481 e. The number of carbonyl (C=O) groups excluding carboxylic acids is 1. The fourth-order valence-electron chi connectivity index (χ4n) is 1.69. The zero-order chi connectivity index (χ0) is 14.7. The number of hydrogen-bond acceptors (Lipinski definition) is 4. The molecule has 0 radical (unpaired) electrons. The molecule has 7 nitrogen and oxygen atoms in total. The quantitative estimate of drug-likeness (QED) is 0.779. The summed E-state index contributed by atoms with van der Waals surface area (Å²) < 4.78 is 10.4. The summed E-state index contributed by atoms with van der Waals surface area (Å²) in [7, 11) is 0. The second-order valence-electron chi connectivity index (χ2n) is 4.58. The number of carbonyl (C=O) groups is 2. The van der Waals surface area contributed by atoms with Gasteiger partial charge in [-0.05, 0) is 26.0 Å². The summed E-state index contributed by atoms with van der Waals surface area (Å²) in [6.45, 7) is 3.34. The number of urea groups is 1. The van der Waals surface area contributed by atoms with Crippen molar-refractivity contribution in [3.8, 4) is 11.5 Å².